The van der Waals surface area contributed by atoms with Crippen molar-refractivity contribution in [3.8, 4) is 11.3 Å². The molecule has 1 N–H and O–H groups in total. The third-order valence-corrected chi connectivity index (χ3v) is 6.70. The number of imidazole rings is 1. The van der Waals surface area contributed by atoms with Gasteiger partial charge >= 0.3 is 0 Å². The second-order valence-corrected chi connectivity index (χ2v) is 8.84. The van der Waals surface area contributed by atoms with Gasteiger partial charge in [-0.2, -0.15) is 0 Å². The molecule has 27 heavy (non-hydrogen) atoms. The van der Waals surface area contributed by atoms with E-state index in [0.717, 1.165) is 40.7 Å². The van der Waals surface area contributed by atoms with Crippen LogP contribution in [0.25, 0.3) is 16.2 Å². The van der Waals surface area contributed by atoms with Crippen molar-refractivity contribution in [2.45, 2.75) is 58.9 Å². The predicted octanol–water partition coefficient (Wildman–Crippen LogP) is 4.92. The van der Waals surface area contributed by atoms with Crippen molar-refractivity contribution in [1.29, 1.82) is 0 Å². The molecule has 0 spiro atoms. The second kappa shape index (κ2) is 7.47. The largest absolute Gasteiger partial charge is 0.353 e. The Balaban J connectivity index is 1.48. The van der Waals surface area contributed by atoms with Crippen molar-refractivity contribution in [3.63, 3.8) is 0 Å². The molecule has 142 valence electrons. The summed E-state index contributed by atoms with van der Waals surface area (Å²) in [6.45, 7) is 6.54. The van der Waals surface area contributed by atoms with Gasteiger partial charge in [0.2, 0.25) is 5.91 Å². The summed E-state index contributed by atoms with van der Waals surface area (Å²) in [4.78, 5) is 18.2. The van der Waals surface area contributed by atoms with Crippen molar-refractivity contribution in [2.75, 3.05) is 0 Å². The van der Waals surface area contributed by atoms with Crippen LogP contribution in [-0.4, -0.2) is 21.3 Å². The van der Waals surface area contributed by atoms with Gasteiger partial charge in [0.15, 0.2) is 4.96 Å². The van der Waals surface area contributed by atoms with Gasteiger partial charge in [0.05, 0.1) is 12.1 Å². The average Bonchev–Trinajstić information content (AvgIpc) is 3.21. The zero-order valence-corrected chi connectivity index (χ0v) is 17.1. The van der Waals surface area contributed by atoms with Crippen LogP contribution >= 0.6 is 11.3 Å². The van der Waals surface area contributed by atoms with E-state index in [0.29, 0.717) is 12.5 Å². The number of hydrogen-bond acceptors (Lipinski definition) is 3. The molecule has 5 heteroatoms. The first kappa shape index (κ1) is 18.2. The van der Waals surface area contributed by atoms with Gasteiger partial charge in [0.1, 0.15) is 0 Å². The van der Waals surface area contributed by atoms with Crippen LogP contribution in [0.15, 0.2) is 29.8 Å². The van der Waals surface area contributed by atoms with E-state index in [1.807, 2.05) is 0 Å². The number of benzene rings is 1. The number of aromatic nitrogens is 2. The molecule has 0 radical (unpaired) electrons. The number of nitrogens with zero attached hydrogens (tertiary/aromatic N) is 2. The second-order valence-electron chi connectivity index (χ2n) is 8.01. The van der Waals surface area contributed by atoms with Gasteiger partial charge in [-0.1, -0.05) is 19.1 Å². The Morgan fingerprint density at radius 2 is 2.00 bits per heavy atom. The molecule has 1 saturated carbocycles. The minimum absolute atomic E-state index is 0.121. The Morgan fingerprint density at radius 3 is 2.74 bits per heavy atom. The summed E-state index contributed by atoms with van der Waals surface area (Å²) in [5.74, 6) is 0.917. The van der Waals surface area contributed by atoms with E-state index in [1.54, 1.807) is 11.3 Å². The lowest BCUT2D eigenvalue weighted by Crippen LogP contribution is -2.38. The number of rotatable bonds is 4. The molecule has 1 aromatic carbocycles. The molecule has 0 unspecified atom stereocenters. The molecule has 3 aromatic rings. The first-order valence-corrected chi connectivity index (χ1v) is 10.7. The molecule has 0 atom stereocenters. The molecule has 1 amide bonds. The molecule has 1 aliphatic rings. The molecular formula is C22H27N3OS. The van der Waals surface area contributed by atoms with Crippen LogP contribution < -0.4 is 5.32 Å². The number of hydrogen-bond donors (Lipinski definition) is 1. The maximum absolute atomic E-state index is 12.5. The quantitative estimate of drug-likeness (QED) is 0.697. The minimum Gasteiger partial charge on any atom is -0.353 e. The number of thiazole rings is 1. The molecule has 1 fully saturated rings. The van der Waals surface area contributed by atoms with Gasteiger partial charge in [-0.15, -0.1) is 11.3 Å². The van der Waals surface area contributed by atoms with Crippen LogP contribution in [0.4, 0.5) is 0 Å². The van der Waals surface area contributed by atoms with Gasteiger partial charge in [-0.05, 0) is 62.6 Å². The molecule has 0 saturated heterocycles. The molecule has 0 aliphatic heterocycles. The van der Waals surface area contributed by atoms with Crippen LogP contribution in [0.1, 0.15) is 49.4 Å². The summed E-state index contributed by atoms with van der Waals surface area (Å²) in [5.41, 5.74) is 5.66. The summed E-state index contributed by atoms with van der Waals surface area (Å²) >= 11 is 1.60. The van der Waals surface area contributed by atoms with Crippen LogP contribution in [0.5, 0.6) is 0 Å². The summed E-state index contributed by atoms with van der Waals surface area (Å²) < 4.78 is 2.07. The standard InChI is InChI=1S/C22H27N3OS/c1-14-4-8-18(9-5-14)23-21(26)11-19-13-27-22-24-20(12-25(19)22)17-7-6-15(2)16(3)10-17/h6-7,10,12-14,18H,4-5,8-9,11H2,1-3H3,(H,23,26). The van der Waals surface area contributed by atoms with Crippen molar-refractivity contribution >= 4 is 22.2 Å². The fourth-order valence-electron chi connectivity index (χ4n) is 3.84. The van der Waals surface area contributed by atoms with Gasteiger partial charge in [0.25, 0.3) is 0 Å². The van der Waals surface area contributed by atoms with Crippen molar-refractivity contribution in [1.82, 2.24) is 14.7 Å². The first-order chi connectivity index (χ1) is 13.0. The number of fused-ring (bicyclic) bond motifs is 1. The summed E-state index contributed by atoms with van der Waals surface area (Å²) in [7, 11) is 0. The number of nitrogens with one attached hydrogen (secondary N) is 1. The topological polar surface area (TPSA) is 46.4 Å². The number of carbonyl (C=O) groups excluding carboxylic acids is 1. The molecular weight excluding hydrogens is 354 g/mol. The summed E-state index contributed by atoms with van der Waals surface area (Å²) in [6, 6.07) is 6.78. The number of amides is 1. The van der Waals surface area contributed by atoms with Gasteiger partial charge in [-0.25, -0.2) is 4.98 Å². The Bertz CT molecular complexity index is 963. The van der Waals surface area contributed by atoms with Crippen LogP contribution in [0.2, 0.25) is 0 Å². The van der Waals surface area contributed by atoms with E-state index >= 15 is 0 Å². The number of carbonyl (C=O) groups is 1. The van der Waals surface area contributed by atoms with Crippen LogP contribution in [-0.2, 0) is 11.2 Å². The van der Waals surface area contributed by atoms with Crippen LogP contribution in [0, 0.1) is 19.8 Å². The van der Waals surface area contributed by atoms with E-state index in [9.17, 15) is 4.79 Å². The highest BCUT2D eigenvalue weighted by molar-refractivity contribution is 7.15. The third-order valence-electron chi connectivity index (χ3n) is 5.81. The first-order valence-electron chi connectivity index (χ1n) is 9.82. The molecule has 0 bridgehead atoms. The van der Waals surface area contributed by atoms with Crippen molar-refractivity contribution in [3.05, 3.63) is 46.6 Å². The maximum atomic E-state index is 12.5. The lowest BCUT2D eigenvalue weighted by Gasteiger charge is -2.26. The van der Waals surface area contributed by atoms with Crippen molar-refractivity contribution in [2.24, 2.45) is 5.92 Å². The Morgan fingerprint density at radius 1 is 1.22 bits per heavy atom. The lowest BCUT2D eigenvalue weighted by molar-refractivity contribution is -0.121. The minimum atomic E-state index is 0.121. The fourth-order valence-corrected chi connectivity index (χ4v) is 4.72. The Kier molecular flexibility index (Phi) is 5.04. The smallest absolute Gasteiger partial charge is 0.226 e. The highest BCUT2D eigenvalue weighted by atomic mass is 32.1. The van der Waals surface area contributed by atoms with E-state index in [2.05, 4.69) is 60.3 Å². The van der Waals surface area contributed by atoms with E-state index in [4.69, 9.17) is 4.98 Å². The van der Waals surface area contributed by atoms with Gasteiger partial charge in [-0.3, -0.25) is 9.20 Å². The number of aryl methyl sites for hydroxylation is 2. The van der Waals surface area contributed by atoms with Gasteiger partial charge in [0, 0.05) is 28.9 Å². The van der Waals surface area contributed by atoms with Crippen molar-refractivity contribution < 1.29 is 4.79 Å². The molecule has 2 aromatic heterocycles. The zero-order chi connectivity index (χ0) is 19.0. The molecule has 1 aliphatic carbocycles. The molecule has 4 rings (SSSR count). The average molecular weight is 382 g/mol. The maximum Gasteiger partial charge on any atom is 0.226 e. The monoisotopic (exact) mass is 381 g/mol. The molecule has 4 nitrogen and oxygen atoms in total. The highest BCUT2D eigenvalue weighted by Crippen LogP contribution is 2.26. The van der Waals surface area contributed by atoms with E-state index in [-0.39, 0.29) is 5.91 Å². The van der Waals surface area contributed by atoms with E-state index in [1.165, 1.54) is 24.0 Å². The Labute approximate surface area is 164 Å². The fraction of sp³-hybridized carbons (Fsp3) is 0.455. The van der Waals surface area contributed by atoms with E-state index < -0.39 is 0 Å². The zero-order valence-electron chi connectivity index (χ0n) is 16.3. The predicted molar refractivity (Wildman–Crippen MR) is 111 cm³/mol. The third kappa shape index (κ3) is 3.93. The summed E-state index contributed by atoms with van der Waals surface area (Å²) in [5, 5.41) is 5.28. The molecule has 2 heterocycles. The Hall–Kier alpha value is -2.14. The normalized spacial score (nSPS) is 20.1. The SMILES string of the molecule is Cc1ccc(-c2cn3c(CC(=O)NC4CCC(C)CC4)csc3n2)cc1C. The summed E-state index contributed by atoms with van der Waals surface area (Å²) in [6.07, 6.45) is 7.11. The highest BCUT2D eigenvalue weighted by Gasteiger charge is 2.20. The van der Waals surface area contributed by atoms with Gasteiger partial charge < -0.3 is 5.32 Å². The van der Waals surface area contributed by atoms with Crippen LogP contribution in [0.3, 0.4) is 0 Å². The lowest BCUT2D eigenvalue weighted by atomic mass is 9.87.